The molecule has 0 bridgehead atoms. The Labute approximate surface area is 369 Å². The van der Waals surface area contributed by atoms with Crippen LogP contribution in [0.2, 0.25) is 0 Å². The maximum Gasteiger partial charge on any atom is 2.00 e. The number of benzene rings is 7. The minimum atomic E-state index is -4.52. The molecule has 9 heteroatoms. The monoisotopic (exact) mass is 994 g/mol. The van der Waals surface area contributed by atoms with Crippen molar-refractivity contribution in [2.24, 2.45) is 0 Å². The third-order valence-corrected chi connectivity index (χ3v) is 11.9. The van der Waals surface area contributed by atoms with Gasteiger partial charge >= 0.3 is 27.2 Å². The quantitative estimate of drug-likeness (QED) is 0.161. The predicted molar refractivity (Wildman–Crippen MR) is 241 cm³/mol. The summed E-state index contributed by atoms with van der Waals surface area (Å²) in [5.41, 5.74) is 13.5. The van der Waals surface area contributed by atoms with Crippen LogP contribution in [-0.2, 0) is 27.2 Å². The molecule has 0 spiro atoms. The van der Waals surface area contributed by atoms with E-state index in [4.69, 9.17) is 15.0 Å². The Hall–Kier alpha value is -6.76. The van der Waals surface area contributed by atoms with E-state index in [1.807, 2.05) is 77.4 Å². The summed E-state index contributed by atoms with van der Waals surface area (Å²) in [5, 5.41) is 3.27. The van der Waals surface area contributed by atoms with E-state index >= 15 is 0 Å². The van der Waals surface area contributed by atoms with Crippen molar-refractivity contribution in [3.63, 3.8) is 0 Å². The second-order valence-corrected chi connectivity index (χ2v) is 15.9. The number of pyridine rings is 1. The molecule has 11 aromatic rings. The second-order valence-electron chi connectivity index (χ2n) is 15.9. The van der Waals surface area contributed by atoms with Crippen molar-refractivity contribution in [2.75, 3.05) is 0 Å². The van der Waals surface area contributed by atoms with Crippen molar-refractivity contribution in [3.8, 4) is 45.1 Å². The summed E-state index contributed by atoms with van der Waals surface area (Å²) >= 11 is 0. The van der Waals surface area contributed by atoms with Gasteiger partial charge in [0.05, 0.1) is 16.6 Å². The molecule has 0 amide bonds. The predicted octanol–water partition coefficient (Wildman–Crippen LogP) is 13.8. The molecule has 62 heavy (non-hydrogen) atoms. The Morgan fingerprint density at radius 1 is 0.629 bits per heavy atom. The van der Waals surface area contributed by atoms with Gasteiger partial charge in [-0.2, -0.15) is 13.2 Å². The number of aryl methyl sites for hydroxylation is 4. The smallest absolute Gasteiger partial charge is 0.656 e. The summed E-state index contributed by atoms with van der Waals surface area (Å²) in [7, 11) is 0. The molecular weight excluding hydrogens is 959 g/mol. The summed E-state index contributed by atoms with van der Waals surface area (Å²) in [4.78, 5) is 15.4. The van der Waals surface area contributed by atoms with Crippen molar-refractivity contribution >= 4 is 54.6 Å². The third-order valence-electron chi connectivity index (χ3n) is 11.9. The van der Waals surface area contributed by atoms with Crippen molar-refractivity contribution in [2.45, 2.75) is 33.9 Å². The summed E-state index contributed by atoms with van der Waals surface area (Å²) < 4.78 is 47.3. The SMILES string of the molecule is Cc1cc(C)c(-c2ccnc(-n3c4[c-]c(-c5cccc6c5nc(-c5cccc7c5[n-]c5ccccc57)n6-c5ccccc5)ccc4c4cc(C(F)(F)F)cc(C)c43)c2)c(C)c1.[Pt+2]. The van der Waals surface area contributed by atoms with Crippen LogP contribution in [0.3, 0.4) is 0 Å². The first kappa shape index (κ1) is 39.4. The second kappa shape index (κ2) is 14.7. The van der Waals surface area contributed by atoms with Gasteiger partial charge in [-0.05, 0) is 120 Å². The number of nitrogens with zero attached hydrogens (tertiary/aromatic N) is 5. The zero-order valence-corrected chi connectivity index (χ0v) is 36.3. The minimum absolute atomic E-state index is 0. The third kappa shape index (κ3) is 6.19. The Morgan fingerprint density at radius 3 is 2.15 bits per heavy atom. The van der Waals surface area contributed by atoms with Gasteiger partial charge in [0.25, 0.3) is 0 Å². The average Bonchev–Trinajstić information content (AvgIpc) is 3.93. The molecule has 7 aromatic carbocycles. The Kier molecular flexibility index (Phi) is 9.34. The Balaban J connectivity index is 0.00000458. The first-order chi connectivity index (χ1) is 29.5. The molecule has 0 unspecified atom stereocenters. The number of fused-ring (bicyclic) bond motifs is 7. The summed E-state index contributed by atoms with van der Waals surface area (Å²) in [6, 6.07) is 49.0. The number of para-hydroxylation sites is 4. The van der Waals surface area contributed by atoms with Crippen LogP contribution in [0.25, 0.3) is 99.8 Å². The number of hydrogen-bond acceptors (Lipinski definition) is 2. The molecule has 0 fully saturated rings. The van der Waals surface area contributed by atoms with E-state index < -0.39 is 11.7 Å². The van der Waals surface area contributed by atoms with E-state index in [9.17, 15) is 13.2 Å². The molecule has 0 aliphatic heterocycles. The van der Waals surface area contributed by atoms with Crippen LogP contribution in [0, 0.1) is 33.8 Å². The van der Waals surface area contributed by atoms with Crippen LogP contribution in [0.5, 0.6) is 0 Å². The van der Waals surface area contributed by atoms with Crippen LogP contribution in [0.1, 0.15) is 27.8 Å². The van der Waals surface area contributed by atoms with Gasteiger partial charge in [0, 0.05) is 23.0 Å². The van der Waals surface area contributed by atoms with Gasteiger partial charge in [0.15, 0.2) is 0 Å². The topological polar surface area (TPSA) is 49.7 Å². The van der Waals surface area contributed by atoms with Gasteiger partial charge < -0.3 is 9.55 Å². The van der Waals surface area contributed by atoms with Crippen LogP contribution in [0.4, 0.5) is 13.2 Å². The van der Waals surface area contributed by atoms with Gasteiger partial charge in [-0.15, -0.1) is 34.8 Å². The first-order valence-electron chi connectivity index (χ1n) is 20.2. The molecule has 0 aliphatic carbocycles. The normalized spacial score (nSPS) is 12.0. The molecule has 4 heterocycles. The van der Waals surface area contributed by atoms with Crippen molar-refractivity contribution in [1.82, 2.24) is 24.1 Å². The number of hydrogen-bond donors (Lipinski definition) is 0. The molecule has 5 nitrogen and oxygen atoms in total. The summed E-state index contributed by atoms with van der Waals surface area (Å²) in [6.45, 7) is 8.02. The Bertz CT molecular complexity index is 3550. The maximum absolute atomic E-state index is 14.4. The van der Waals surface area contributed by atoms with Gasteiger partial charge in [0.2, 0.25) is 0 Å². The number of alkyl halides is 3. The van der Waals surface area contributed by atoms with E-state index in [1.165, 1.54) is 17.7 Å². The molecule has 0 aliphatic rings. The van der Waals surface area contributed by atoms with E-state index in [0.29, 0.717) is 33.2 Å². The van der Waals surface area contributed by atoms with Crippen LogP contribution in [-0.4, -0.2) is 19.1 Å². The number of rotatable bonds is 5. The zero-order valence-electron chi connectivity index (χ0n) is 34.0. The fraction of sp³-hybridized carbons (Fsp3) is 0.0943. The van der Waals surface area contributed by atoms with E-state index in [0.717, 1.165) is 83.3 Å². The molecule has 0 radical (unpaired) electrons. The number of imidazole rings is 1. The molecule has 0 N–H and O–H groups in total. The average molecular weight is 995 g/mol. The molecule has 4 aromatic heterocycles. The van der Waals surface area contributed by atoms with E-state index in [2.05, 4.69) is 86.0 Å². The van der Waals surface area contributed by atoms with Gasteiger partial charge in [0.1, 0.15) is 11.6 Å². The van der Waals surface area contributed by atoms with Crippen LogP contribution >= 0.6 is 0 Å². The number of halogens is 3. The van der Waals surface area contributed by atoms with Gasteiger partial charge in [-0.25, -0.2) is 9.97 Å². The zero-order chi connectivity index (χ0) is 41.7. The first-order valence-corrected chi connectivity index (χ1v) is 20.2. The van der Waals surface area contributed by atoms with E-state index in [-0.39, 0.29) is 21.1 Å². The van der Waals surface area contributed by atoms with Crippen molar-refractivity contribution < 1.29 is 34.2 Å². The molecule has 11 rings (SSSR count). The Morgan fingerprint density at radius 2 is 1.35 bits per heavy atom. The number of aromatic nitrogens is 5. The standard InChI is InChI=1S/C53H36F3N5.Pt/c1-30-24-31(2)48(32(3)25-30)35-22-23-57-47(28-35)61-46-27-34(20-21-40(46)43-29-36(53(54,55)56)26-33(4)51(43)61)38-15-11-19-45-50(38)59-52(60(45)37-12-6-5-7-13-37)42-17-10-16-41-39-14-8-9-18-44(39)58-49(41)42;/h5-26,28-29H,1-4H3;/q-2;+2. The fourth-order valence-electron chi connectivity index (χ4n) is 9.47. The summed E-state index contributed by atoms with van der Waals surface area (Å²) in [5.74, 6) is 1.33. The van der Waals surface area contributed by atoms with Gasteiger partial charge in [-0.1, -0.05) is 101 Å². The molecular formula is C53H36F3N5Pt. The molecule has 0 atom stereocenters. The van der Waals surface area contributed by atoms with Crippen molar-refractivity contribution in [1.29, 1.82) is 0 Å². The van der Waals surface area contributed by atoms with E-state index in [1.54, 1.807) is 13.1 Å². The molecule has 304 valence electrons. The fourth-order valence-corrected chi connectivity index (χ4v) is 9.47. The van der Waals surface area contributed by atoms with Crippen LogP contribution in [0.15, 0.2) is 146 Å². The molecule has 0 saturated carbocycles. The van der Waals surface area contributed by atoms with Crippen LogP contribution < -0.4 is 4.98 Å². The maximum atomic E-state index is 14.4. The minimum Gasteiger partial charge on any atom is -0.656 e. The largest absolute Gasteiger partial charge is 2.00 e. The van der Waals surface area contributed by atoms with Gasteiger partial charge in [-0.3, -0.25) is 4.57 Å². The summed E-state index contributed by atoms with van der Waals surface area (Å²) in [6.07, 6.45) is -2.75. The molecule has 0 saturated heterocycles. The van der Waals surface area contributed by atoms with Crippen molar-refractivity contribution in [3.05, 3.63) is 180 Å².